The predicted octanol–water partition coefficient (Wildman–Crippen LogP) is -0.162. The van der Waals surface area contributed by atoms with Gasteiger partial charge in [-0.2, -0.15) is 0 Å². The van der Waals surface area contributed by atoms with Crippen molar-refractivity contribution in [3.05, 3.63) is 65.5 Å². The van der Waals surface area contributed by atoms with Crippen molar-refractivity contribution < 1.29 is 28.5 Å². The number of rotatable bonds is 3. The van der Waals surface area contributed by atoms with Gasteiger partial charge in [-0.1, -0.05) is 30.3 Å². The summed E-state index contributed by atoms with van der Waals surface area (Å²) >= 11 is 0. The van der Waals surface area contributed by atoms with E-state index >= 15 is 0 Å². The fourth-order valence-corrected chi connectivity index (χ4v) is 1.77. The number of hydrogen-bond donors (Lipinski definition) is 0. The third-order valence-electron chi connectivity index (χ3n) is 3.00. The zero-order valence-corrected chi connectivity index (χ0v) is 12.5. The van der Waals surface area contributed by atoms with Crippen molar-refractivity contribution >= 4 is 0 Å². The molecule has 0 spiro atoms. The van der Waals surface area contributed by atoms with Crippen molar-refractivity contribution in [1.82, 2.24) is 0 Å². The lowest BCUT2D eigenvalue weighted by atomic mass is 10.1. The van der Waals surface area contributed by atoms with Crippen LogP contribution in [0.25, 0.3) is 0 Å². The van der Waals surface area contributed by atoms with E-state index in [4.69, 9.17) is 0 Å². The smallest absolute Gasteiger partial charge is 0.171 e. The summed E-state index contributed by atoms with van der Waals surface area (Å²) < 4.78 is 2.26. The second-order valence-corrected chi connectivity index (χ2v) is 4.28. The Balaban J connectivity index is 0.00000144. The molecular formula is C15H18IN. The molecule has 0 saturated heterocycles. The van der Waals surface area contributed by atoms with Gasteiger partial charge in [0.05, 0.1) is 0 Å². The van der Waals surface area contributed by atoms with E-state index in [2.05, 4.69) is 67.2 Å². The Morgan fingerprint density at radius 3 is 2.29 bits per heavy atom. The van der Waals surface area contributed by atoms with E-state index in [-0.39, 0.29) is 24.0 Å². The summed E-state index contributed by atoms with van der Waals surface area (Å²) in [5.41, 5.74) is 4.11. The molecule has 0 aliphatic heterocycles. The number of hydrogen-bond acceptors (Lipinski definition) is 0. The Hall–Kier alpha value is -0.900. The van der Waals surface area contributed by atoms with E-state index < -0.39 is 0 Å². The Kier molecular flexibility index (Phi) is 5.62. The highest BCUT2D eigenvalue weighted by atomic mass is 127. The van der Waals surface area contributed by atoms with Gasteiger partial charge >= 0.3 is 0 Å². The molecule has 0 fully saturated rings. The first-order chi connectivity index (χ1) is 7.75. The van der Waals surface area contributed by atoms with E-state index in [9.17, 15) is 0 Å². The Labute approximate surface area is 121 Å². The molecular weight excluding hydrogens is 321 g/mol. The van der Waals surface area contributed by atoms with Crippen molar-refractivity contribution in [3.8, 4) is 0 Å². The van der Waals surface area contributed by atoms with Gasteiger partial charge in [-0.25, -0.2) is 4.57 Å². The Bertz CT molecular complexity index is 466. The van der Waals surface area contributed by atoms with Crippen LogP contribution < -0.4 is 28.5 Å². The summed E-state index contributed by atoms with van der Waals surface area (Å²) in [5, 5.41) is 0. The lowest BCUT2D eigenvalue weighted by Gasteiger charge is -2.01. The maximum absolute atomic E-state index is 2.26. The Morgan fingerprint density at radius 1 is 0.941 bits per heavy atom. The fourth-order valence-electron chi connectivity index (χ4n) is 1.77. The standard InChI is InChI=1S/C15H18N.HI/c1-13-8-10-16(12-14(13)2)11-9-15-6-4-3-5-7-15;/h3-8,10,12H,9,11H2,1-2H3;1H/q+1;/p-1. The van der Waals surface area contributed by atoms with Gasteiger partial charge in [-0.05, 0) is 25.0 Å². The summed E-state index contributed by atoms with van der Waals surface area (Å²) in [4.78, 5) is 0. The van der Waals surface area contributed by atoms with Crippen LogP contribution in [-0.2, 0) is 13.0 Å². The third-order valence-corrected chi connectivity index (χ3v) is 3.00. The van der Waals surface area contributed by atoms with Crippen molar-refractivity contribution in [3.63, 3.8) is 0 Å². The van der Waals surface area contributed by atoms with E-state index in [1.54, 1.807) is 0 Å². The number of aromatic nitrogens is 1. The minimum atomic E-state index is 0. The van der Waals surface area contributed by atoms with Gasteiger partial charge in [-0.3, -0.25) is 0 Å². The van der Waals surface area contributed by atoms with Crippen LogP contribution in [-0.4, -0.2) is 0 Å². The molecule has 0 unspecified atom stereocenters. The first kappa shape index (κ1) is 14.2. The highest BCUT2D eigenvalue weighted by molar-refractivity contribution is 5.17. The SMILES string of the molecule is Cc1cc[n+](CCc2ccccc2)cc1C.[I-]. The molecule has 90 valence electrons. The molecule has 2 rings (SSSR count). The summed E-state index contributed by atoms with van der Waals surface area (Å²) in [7, 11) is 0. The molecule has 1 aromatic carbocycles. The van der Waals surface area contributed by atoms with Gasteiger partial charge in [0.1, 0.15) is 0 Å². The van der Waals surface area contributed by atoms with Crippen LogP contribution in [0.5, 0.6) is 0 Å². The summed E-state index contributed by atoms with van der Waals surface area (Å²) in [6.07, 6.45) is 5.47. The molecule has 17 heavy (non-hydrogen) atoms. The molecule has 0 amide bonds. The summed E-state index contributed by atoms with van der Waals surface area (Å²) in [6, 6.07) is 12.8. The molecule has 1 aromatic heterocycles. The quantitative estimate of drug-likeness (QED) is 0.541. The van der Waals surface area contributed by atoms with Crippen LogP contribution in [0.1, 0.15) is 16.7 Å². The van der Waals surface area contributed by atoms with Crippen LogP contribution in [0, 0.1) is 13.8 Å². The Morgan fingerprint density at radius 2 is 1.65 bits per heavy atom. The normalized spacial score (nSPS) is 9.76. The van der Waals surface area contributed by atoms with Crippen molar-refractivity contribution in [1.29, 1.82) is 0 Å². The lowest BCUT2D eigenvalue weighted by Crippen LogP contribution is -3.00. The van der Waals surface area contributed by atoms with Gasteiger partial charge in [-0.15, -0.1) is 0 Å². The first-order valence-corrected chi connectivity index (χ1v) is 5.76. The second kappa shape index (κ2) is 6.74. The maximum Gasteiger partial charge on any atom is 0.171 e. The molecule has 0 bridgehead atoms. The average Bonchev–Trinajstić information content (AvgIpc) is 2.32. The minimum Gasteiger partial charge on any atom is -1.00 e. The predicted molar refractivity (Wildman–Crippen MR) is 66.3 cm³/mol. The molecule has 0 atom stereocenters. The second-order valence-electron chi connectivity index (χ2n) is 4.28. The van der Waals surface area contributed by atoms with E-state index in [0.29, 0.717) is 0 Å². The van der Waals surface area contributed by atoms with Crippen molar-refractivity contribution in [2.75, 3.05) is 0 Å². The molecule has 0 aliphatic carbocycles. The number of nitrogens with zero attached hydrogens (tertiary/aromatic N) is 1. The number of pyridine rings is 1. The van der Waals surface area contributed by atoms with Crippen molar-refractivity contribution in [2.45, 2.75) is 26.8 Å². The van der Waals surface area contributed by atoms with Crippen LogP contribution in [0.3, 0.4) is 0 Å². The molecule has 2 aromatic rings. The monoisotopic (exact) mass is 339 g/mol. The van der Waals surface area contributed by atoms with Gasteiger partial charge in [0.25, 0.3) is 0 Å². The molecule has 0 saturated carbocycles. The number of benzene rings is 1. The minimum absolute atomic E-state index is 0. The molecule has 0 N–H and O–H groups in total. The maximum atomic E-state index is 2.26. The zero-order valence-electron chi connectivity index (χ0n) is 10.4. The molecule has 0 radical (unpaired) electrons. The largest absolute Gasteiger partial charge is 1.00 e. The number of aryl methyl sites for hydroxylation is 4. The van der Waals surface area contributed by atoms with E-state index in [0.717, 1.165) is 13.0 Å². The van der Waals surface area contributed by atoms with Gasteiger partial charge < -0.3 is 24.0 Å². The van der Waals surface area contributed by atoms with E-state index in [1.807, 2.05) is 0 Å². The van der Waals surface area contributed by atoms with Gasteiger partial charge in [0.15, 0.2) is 18.9 Å². The summed E-state index contributed by atoms with van der Waals surface area (Å²) in [5.74, 6) is 0. The van der Waals surface area contributed by atoms with Crippen LogP contribution >= 0.6 is 0 Å². The molecule has 1 nitrogen and oxygen atoms in total. The topological polar surface area (TPSA) is 3.88 Å². The van der Waals surface area contributed by atoms with Crippen LogP contribution in [0.4, 0.5) is 0 Å². The van der Waals surface area contributed by atoms with Gasteiger partial charge in [0, 0.05) is 18.1 Å². The van der Waals surface area contributed by atoms with Crippen molar-refractivity contribution in [2.24, 2.45) is 0 Å². The van der Waals surface area contributed by atoms with Crippen LogP contribution in [0.2, 0.25) is 0 Å². The molecule has 0 aliphatic rings. The highest BCUT2D eigenvalue weighted by Gasteiger charge is 2.03. The highest BCUT2D eigenvalue weighted by Crippen LogP contribution is 2.02. The van der Waals surface area contributed by atoms with Gasteiger partial charge in [0.2, 0.25) is 0 Å². The molecule has 2 heteroatoms. The molecule has 1 heterocycles. The summed E-state index contributed by atoms with van der Waals surface area (Å²) in [6.45, 7) is 5.36. The fraction of sp³-hybridized carbons (Fsp3) is 0.267. The first-order valence-electron chi connectivity index (χ1n) is 5.76. The lowest BCUT2D eigenvalue weighted by molar-refractivity contribution is -0.696. The third kappa shape index (κ3) is 4.11. The van der Waals surface area contributed by atoms with Crippen LogP contribution in [0.15, 0.2) is 48.8 Å². The zero-order chi connectivity index (χ0) is 11.4. The average molecular weight is 339 g/mol. The number of halogens is 1. The van der Waals surface area contributed by atoms with E-state index in [1.165, 1.54) is 16.7 Å².